The fourth-order valence-electron chi connectivity index (χ4n) is 3.98. The molecule has 2 aromatic heterocycles. The number of hydrogen-bond acceptors (Lipinski definition) is 9. The summed E-state index contributed by atoms with van der Waals surface area (Å²) in [4.78, 5) is 25.5. The number of piperazine rings is 1. The number of aromatic nitrogens is 2. The van der Waals surface area contributed by atoms with Gasteiger partial charge in [-0.15, -0.1) is 0 Å². The van der Waals surface area contributed by atoms with Crippen LogP contribution < -0.4 is 30.7 Å². The van der Waals surface area contributed by atoms with Crippen molar-refractivity contribution in [2.45, 2.75) is 0 Å². The van der Waals surface area contributed by atoms with Crippen molar-refractivity contribution in [2.75, 3.05) is 62.0 Å². The zero-order valence-electron chi connectivity index (χ0n) is 19.0. The van der Waals surface area contributed by atoms with E-state index in [0.717, 1.165) is 31.9 Å². The number of primary amides is 1. The number of ether oxygens (including phenoxy) is 2. The van der Waals surface area contributed by atoms with Gasteiger partial charge in [-0.3, -0.25) is 4.79 Å². The number of anilines is 5. The predicted molar refractivity (Wildman–Crippen MR) is 131 cm³/mol. The Morgan fingerprint density at radius 2 is 1.74 bits per heavy atom. The second kappa shape index (κ2) is 9.44. The van der Waals surface area contributed by atoms with E-state index in [4.69, 9.17) is 15.2 Å². The normalized spacial score (nSPS) is 15.6. The van der Waals surface area contributed by atoms with Crippen LogP contribution in [0.1, 0.15) is 10.4 Å². The molecule has 3 aromatic rings. The van der Waals surface area contributed by atoms with Crippen LogP contribution in [0.25, 0.3) is 0 Å². The van der Waals surface area contributed by atoms with E-state index in [1.807, 2.05) is 36.5 Å². The second-order valence-corrected chi connectivity index (χ2v) is 8.25. The molecule has 0 radical (unpaired) electrons. The molecular formula is C24H27N7O3. The van der Waals surface area contributed by atoms with E-state index < -0.39 is 5.91 Å². The fraction of sp³-hybridized carbons (Fsp3) is 0.292. The minimum absolute atomic E-state index is 0.262. The van der Waals surface area contributed by atoms with Crippen molar-refractivity contribution in [2.24, 2.45) is 5.73 Å². The summed E-state index contributed by atoms with van der Waals surface area (Å²) in [6.45, 7) is 4.98. The Morgan fingerprint density at radius 1 is 0.941 bits per heavy atom. The molecule has 0 saturated carbocycles. The lowest BCUT2D eigenvalue weighted by molar-refractivity contribution is 0.100. The molecule has 0 atom stereocenters. The molecular weight excluding hydrogens is 434 g/mol. The quantitative estimate of drug-likeness (QED) is 0.509. The van der Waals surface area contributed by atoms with Gasteiger partial charge in [-0.05, 0) is 31.3 Å². The Morgan fingerprint density at radius 3 is 2.50 bits per heavy atom. The first-order valence-electron chi connectivity index (χ1n) is 11.2. The molecule has 1 aromatic carbocycles. The van der Waals surface area contributed by atoms with Crippen molar-refractivity contribution in [3.8, 4) is 11.5 Å². The van der Waals surface area contributed by atoms with Crippen LogP contribution in [0.5, 0.6) is 11.5 Å². The molecule has 176 valence electrons. The van der Waals surface area contributed by atoms with Crippen LogP contribution in [0.2, 0.25) is 0 Å². The van der Waals surface area contributed by atoms with Gasteiger partial charge in [0.05, 0.1) is 28.8 Å². The third-order valence-corrected chi connectivity index (χ3v) is 5.88. The van der Waals surface area contributed by atoms with Gasteiger partial charge in [-0.2, -0.15) is 0 Å². The highest BCUT2D eigenvalue weighted by Gasteiger charge is 2.19. The molecule has 1 saturated heterocycles. The number of nitrogens with zero attached hydrogens (tertiary/aromatic N) is 4. The molecule has 10 heteroatoms. The van der Waals surface area contributed by atoms with Crippen LogP contribution in [-0.2, 0) is 0 Å². The average molecular weight is 462 g/mol. The van der Waals surface area contributed by atoms with Crippen LogP contribution in [0.15, 0.2) is 48.8 Å². The highest BCUT2D eigenvalue weighted by molar-refractivity contribution is 5.99. The maximum atomic E-state index is 12.0. The second-order valence-electron chi connectivity index (χ2n) is 8.25. The number of likely N-dealkylation sites (N-methyl/N-ethyl adjacent to an activating group) is 1. The zero-order valence-corrected chi connectivity index (χ0v) is 19.0. The SMILES string of the molecule is CN1CCN(c2ccc(Nc3cc(Nc4cccc5c4OCCO5)c(C(N)=O)cn3)nc2)CC1. The van der Waals surface area contributed by atoms with Gasteiger partial charge in [0.25, 0.3) is 5.91 Å². The number of carbonyl (C=O) groups excluding carboxylic acids is 1. The molecule has 1 fully saturated rings. The van der Waals surface area contributed by atoms with E-state index in [-0.39, 0.29) is 5.56 Å². The molecule has 10 nitrogen and oxygen atoms in total. The van der Waals surface area contributed by atoms with Crippen LogP contribution in [0.4, 0.5) is 28.7 Å². The number of carbonyl (C=O) groups is 1. The Kier molecular flexibility index (Phi) is 6.05. The fourth-order valence-corrected chi connectivity index (χ4v) is 3.98. The lowest BCUT2D eigenvalue weighted by Gasteiger charge is -2.33. The van der Waals surface area contributed by atoms with Crippen LogP contribution in [0, 0.1) is 0 Å². The topological polar surface area (TPSA) is 118 Å². The Bertz CT molecular complexity index is 1180. The molecule has 1 amide bonds. The van der Waals surface area contributed by atoms with E-state index in [1.165, 1.54) is 6.20 Å². The molecule has 34 heavy (non-hydrogen) atoms. The first-order chi connectivity index (χ1) is 16.6. The Labute approximate surface area is 197 Å². The smallest absolute Gasteiger partial charge is 0.252 e. The minimum atomic E-state index is -0.585. The van der Waals surface area contributed by atoms with Gasteiger partial charge in [0, 0.05) is 38.4 Å². The molecule has 0 aliphatic carbocycles. The Balaban J connectivity index is 1.35. The van der Waals surface area contributed by atoms with Gasteiger partial charge in [0.15, 0.2) is 11.5 Å². The molecule has 5 rings (SSSR count). The van der Waals surface area contributed by atoms with Gasteiger partial charge in [0.1, 0.15) is 24.8 Å². The summed E-state index contributed by atoms with van der Waals surface area (Å²) < 4.78 is 11.4. The molecule has 0 spiro atoms. The van der Waals surface area contributed by atoms with E-state index in [2.05, 4.69) is 37.4 Å². The number of amides is 1. The summed E-state index contributed by atoms with van der Waals surface area (Å²) in [6, 6.07) is 11.2. The van der Waals surface area contributed by atoms with Crippen molar-refractivity contribution in [1.82, 2.24) is 14.9 Å². The van der Waals surface area contributed by atoms with Crippen molar-refractivity contribution in [3.05, 3.63) is 54.4 Å². The summed E-state index contributed by atoms with van der Waals surface area (Å²) in [5, 5.41) is 6.45. The average Bonchev–Trinajstić information content (AvgIpc) is 2.85. The predicted octanol–water partition coefficient (Wildman–Crippen LogP) is 2.59. The molecule has 2 aliphatic heterocycles. The number of fused-ring (bicyclic) bond motifs is 1. The molecule has 0 bridgehead atoms. The maximum absolute atomic E-state index is 12.0. The highest BCUT2D eigenvalue weighted by Crippen LogP contribution is 2.39. The lowest BCUT2D eigenvalue weighted by atomic mass is 10.2. The third kappa shape index (κ3) is 4.67. The first-order valence-corrected chi connectivity index (χ1v) is 11.2. The number of para-hydroxylation sites is 1. The monoisotopic (exact) mass is 461 g/mol. The molecule has 4 N–H and O–H groups in total. The van der Waals surface area contributed by atoms with Gasteiger partial charge in [-0.1, -0.05) is 6.07 Å². The van der Waals surface area contributed by atoms with Crippen molar-refractivity contribution < 1.29 is 14.3 Å². The number of nitrogens with two attached hydrogens (primary N) is 1. The van der Waals surface area contributed by atoms with Gasteiger partial charge >= 0.3 is 0 Å². The Hall–Kier alpha value is -4.05. The summed E-state index contributed by atoms with van der Waals surface area (Å²) in [7, 11) is 2.13. The van der Waals surface area contributed by atoms with E-state index in [1.54, 1.807) is 6.07 Å². The summed E-state index contributed by atoms with van der Waals surface area (Å²) >= 11 is 0. The van der Waals surface area contributed by atoms with Crippen molar-refractivity contribution in [1.29, 1.82) is 0 Å². The number of pyridine rings is 2. The maximum Gasteiger partial charge on any atom is 0.252 e. The van der Waals surface area contributed by atoms with Crippen LogP contribution in [-0.4, -0.2) is 67.2 Å². The van der Waals surface area contributed by atoms with Gasteiger partial charge in [-0.25, -0.2) is 9.97 Å². The molecule has 2 aliphatic rings. The molecule has 0 unspecified atom stereocenters. The number of nitrogens with one attached hydrogen (secondary N) is 2. The van der Waals surface area contributed by atoms with Crippen LogP contribution >= 0.6 is 0 Å². The van der Waals surface area contributed by atoms with Crippen LogP contribution in [0.3, 0.4) is 0 Å². The largest absolute Gasteiger partial charge is 0.486 e. The van der Waals surface area contributed by atoms with E-state index in [9.17, 15) is 4.79 Å². The number of hydrogen-bond donors (Lipinski definition) is 3. The van der Waals surface area contributed by atoms with Crippen molar-refractivity contribution in [3.63, 3.8) is 0 Å². The molecule has 4 heterocycles. The zero-order chi connectivity index (χ0) is 23.5. The summed E-state index contributed by atoms with van der Waals surface area (Å²) in [5.41, 5.74) is 8.12. The van der Waals surface area contributed by atoms with E-state index >= 15 is 0 Å². The lowest BCUT2D eigenvalue weighted by Crippen LogP contribution is -2.44. The minimum Gasteiger partial charge on any atom is -0.486 e. The van der Waals surface area contributed by atoms with Gasteiger partial charge in [0.2, 0.25) is 0 Å². The highest BCUT2D eigenvalue weighted by atomic mass is 16.6. The van der Waals surface area contributed by atoms with Gasteiger partial charge < -0.3 is 35.6 Å². The van der Waals surface area contributed by atoms with Crippen molar-refractivity contribution >= 4 is 34.6 Å². The number of rotatable bonds is 6. The summed E-state index contributed by atoms with van der Waals surface area (Å²) in [5.74, 6) is 1.83. The number of benzene rings is 1. The standard InChI is InChI=1S/C24H27N7O3/c1-30-7-9-31(10-8-30)16-5-6-21(26-14-16)29-22-13-19(17(15-27-22)24(25)32)28-18-3-2-4-20-23(18)34-12-11-33-20/h2-6,13-15H,7-12H2,1H3,(H2,25,32)(H2,26,27,28,29). The summed E-state index contributed by atoms with van der Waals surface area (Å²) in [6.07, 6.45) is 3.30. The van der Waals surface area contributed by atoms with E-state index in [0.29, 0.717) is 47.7 Å². The third-order valence-electron chi connectivity index (χ3n) is 5.88. The first kappa shape index (κ1) is 21.8.